The summed E-state index contributed by atoms with van der Waals surface area (Å²) >= 11 is 0. The first kappa shape index (κ1) is 13.9. The second kappa shape index (κ2) is 6.55. The molecule has 1 aromatic rings. The zero-order chi connectivity index (χ0) is 13.5. The van der Waals surface area contributed by atoms with E-state index < -0.39 is 16.9 Å². The van der Waals surface area contributed by atoms with Crippen molar-refractivity contribution >= 4 is 11.7 Å². The molecule has 2 N–H and O–H groups in total. The summed E-state index contributed by atoms with van der Waals surface area (Å²) in [5, 5.41) is 10.5. The Labute approximate surface area is 104 Å². The van der Waals surface area contributed by atoms with Gasteiger partial charge in [-0.2, -0.15) is 0 Å². The molecule has 0 aromatic heterocycles. The Morgan fingerprint density at radius 2 is 2.28 bits per heavy atom. The molecule has 0 saturated carbocycles. The molecule has 98 valence electrons. The molecule has 0 heterocycles. The summed E-state index contributed by atoms with van der Waals surface area (Å²) in [7, 11) is 1.25. The summed E-state index contributed by atoms with van der Waals surface area (Å²) in [6.07, 6.45) is 0.273. The van der Waals surface area contributed by atoms with E-state index in [4.69, 9.17) is 10.5 Å². The van der Waals surface area contributed by atoms with Crippen molar-refractivity contribution in [3.8, 4) is 5.75 Å². The van der Waals surface area contributed by atoms with Gasteiger partial charge in [0.2, 0.25) is 0 Å². The fourth-order valence-electron chi connectivity index (χ4n) is 1.26. The molecule has 0 aliphatic heterocycles. The van der Waals surface area contributed by atoms with E-state index in [1.165, 1.54) is 25.3 Å². The SMILES string of the molecule is COC(=O)C(N)CCOc1cccc([N+](=O)[O-])c1. The Hall–Kier alpha value is -2.15. The summed E-state index contributed by atoms with van der Waals surface area (Å²) in [4.78, 5) is 21.0. The highest BCUT2D eigenvalue weighted by Gasteiger charge is 2.13. The van der Waals surface area contributed by atoms with Crippen molar-refractivity contribution in [3.63, 3.8) is 0 Å². The predicted octanol–water partition coefficient (Wildman–Crippen LogP) is 0.864. The van der Waals surface area contributed by atoms with Crippen LogP contribution in [0.3, 0.4) is 0 Å². The van der Waals surface area contributed by atoms with Crippen LogP contribution in [0.25, 0.3) is 0 Å². The number of non-ortho nitro benzene ring substituents is 1. The van der Waals surface area contributed by atoms with E-state index in [9.17, 15) is 14.9 Å². The number of ether oxygens (including phenoxy) is 2. The van der Waals surface area contributed by atoms with Crippen LogP contribution in [-0.2, 0) is 9.53 Å². The first-order valence-electron chi connectivity index (χ1n) is 5.25. The first-order chi connectivity index (χ1) is 8.54. The maximum atomic E-state index is 11.0. The number of carbonyl (C=O) groups excluding carboxylic acids is 1. The largest absolute Gasteiger partial charge is 0.493 e. The molecule has 0 amide bonds. The maximum absolute atomic E-state index is 11.0. The van der Waals surface area contributed by atoms with E-state index in [0.29, 0.717) is 5.75 Å². The van der Waals surface area contributed by atoms with Gasteiger partial charge in [-0.1, -0.05) is 6.07 Å². The van der Waals surface area contributed by atoms with Crippen molar-refractivity contribution in [3.05, 3.63) is 34.4 Å². The van der Waals surface area contributed by atoms with E-state index in [-0.39, 0.29) is 18.7 Å². The number of carbonyl (C=O) groups is 1. The van der Waals surface area contributed by atoms with Crippen LogP contribution in [0.15, 0.2) is 24.3 Å². The van der Waals surface area contributed by atoms with Crippen molar-refractivity contribution in [2.24, 2.45) is 5.73 Å². The molecule has 0 aliphatic rings. The van der Waals surface area contributed by atoms with Gasteiger partial charge in [0.05, 0.1) is 24.7 Å². The summed E-state index contributed by atoms with van der Waals surface area (Å²) in [6.45, 7) is 0.178. The van der Waals surface area contributed by atoms with E-state index in [1.54, 1.807) is 6.07 Å². The van der Waals surface area contributed by atoms with Gasteiger partial charge in [0.1, 0.15) is 11.8 Å². The maximum Gasteiger partial charge on any atom is 0.322 e. The third-order valence-electron chi connectivity index (χ3n) is 2.23. The highest BCUT2D eigenvalue weighted by atomic mass is 16.6. The van der Waals surface area contributed by atoms with Crippen molar-refractivity contribution in [2.45, 2.75) is 12.5 Å². The smallest absolute Gasteiger partial charge is 0.322 e. The fraction of sp³-hybridized carbons (Fsp3) is 0.364. The van der Waals surface area contributed by atoms with E-state index in [0.717, 1.165) is 0 Å². The Bertz CT molecular complexity index is 435. The van der Waals surface area contributed by atoms with Gasteiger partial charge in [-0.05, 0) is 6.07 Å². The van der Waals surface area contributed by atoms with E-state index >= 15 is 0 Å². The number of hydrogen-bond donors (Lipinski definition) is 1. The molecule has 1 unspecified atom stereocenters. The Morgan fingerprint density at radius 1 is 1.56 bits per heavy atom. The van der Waals surface area contributed by atoms with Gasteiger partial charge in [0.15, 0.2) is 0 Å². The molecule has 0 aliphatic carbocycles. The molecule has 0 bridgehead atoms. The lowest BCUT2D eigenvalue weighted by Gasteiger charge is -2.10. The molecule has 0 radical (unpaired) electrons. The normalized spacial score (nSPS) is 11.7. The number of benzene rings is 1. The minimum Gasteiger partial charge on any atom is -0.493 e. The lowest BCUT2D eigenvalue weighted by atomic mass is 10.2. The van der Waals surface area contributed by atoms with Gasteiger partial charge < -0.3 is 15.2 Å². The van der Waals surface area contributed by atoms with Crippen LogP contribution in [-0.4, -0.2) is 30.7 Å². The van der Waals surface area contributed by atoms with Gasteiger partial charge in [-0.25, -0.2) is 0 Å². The number of nitrogens with two attached hydrogens (primary N) is 1. The van der Waals surface area contributed by atoms with Crippen LogP contribution in [0.5, 0.6) is 5.75 Å². The number of rotatable bonds is 6. The minimum absolute atomic E-state index is 0.0511. The molecule has 7 heteroatoms. The van der Waals surface area contributed by atoms with E-state index in [1.807, 2.05) is 0 Å². The van der Waals surface area contributed by atoms with Gasteiger partial charge in [0.25, 0.3) is 5.69 Å². The highest BCUT2D eigenvalue weighted by molar-refractivity contribution is 5.75. The molecule has 0 fully saturated rings. The number of nitrogens with zero attached hydrogens (tertiary/aromatic N) is 1. The molecule has 1 aromatic carbocycles. The third-order valence-corrected chi connectivity index (χ3v) is 2.23. The van der Waals surface area contributed by atoms with Gasteiger partial charge in [0, 0.05) is 12.5 Å². The lowest BCUT2D eigenvalue weighted by molar-refractivity contribution is -0.384. The summed E-state index contributed by atoms with van der Waals surface area (Å²) in [5.74, 6) is -0.154. The Balaban J connectivity index is 2.46. The summed E-state index contributed by atoms with van der Waals surface area (Å²) < 4.78 is 9.73. The van der Waals surface area contributed by atoms with Crippen LogP contribution in [0.1, 0.15) is 6.42 Å². The topological polar surface area (TPSA) is 105 Å². The lowest BCUT2D eigenvalue weighted by Crippen LogP contribution is -2.33. The zero-order valence-corrected chi connectivity index (χ0v) is 9.87. The van der Waals surface area contributed by atoms with Crippen molar-refractivity contribution in [1.82, 2.24) is 0 Å². The predicted molar refractivity (Wildman–Crippen MR) is 63.2 cm³/mol. The van der Waals surface area contributed by atoms with Crippen molar-refractivity contribution in [1.29, 1.82) is 0 Å². The quantitative estimate of drug-likeness (QED) is 0.458. The average molecular weight is 254 g/mol. The zero-order valence-electron chi connectivity index (χ0n) is 9.87. The fourth-order valence-corrected chi connectivity index (χ4v) is 1.26. The molecule has 18 heavy (non-hydrogen) atoms. The van der Waals surface area contributed by atoms with Crippen LogP contribution < -0.4 is 10.5 Å². The number of nitro benzene ring substituents is 1. The second-order valence-corrected chi connectivity index (χ2v) is 3.52. The second-order valence-electron chi connectivity index (χ2n) is 3.52. The summed E-state index contributed by atoms with van der Waals surface area (Å²) in [6, 6.07) is 5.04. The van der Waals surface area contributed by atoms with Gasteiger partial charge in [-0.15, -0.1) is 0 Å². The minimum atomic E-state index is -0.756. The van der Waals surface area contributed by atoms with Crippen molar-refractivity contribution in [2.75, 3.05) is 13.7 Å². The van der Waals surface area contributed by atoms with Gasteiger partial charge >= 0.3 is 5.97 Å². The molecule has 1 atom stereocenters. The van der Waals surface area contributed by atoms with Crippen LogP contribution >= 0.6 is 0 Å². The molecule has 0 spiro atoms. The molecule has 1 rings (SSSR count). The van der Waals surface area contributed by atoms with Crippen LogP contribution in [0, 0.1) is 10.1 Å². The van der Waals surface area contributed by atoms with Gasteiger partial charge in [-0.3, -0.25) is 14.9 Å². The Kier molecular flexibility index (Phi) is 5.06. The average Bonchev–Trinajstić information content (AvgIpc) is 2.38. The highest BCUT2D eigenvalue weighted by Crippen LogP contribution is 2.19. The first-order valence-corrected chi connectivity index (χ1v) is 5.25. The molecular formula is C11H14N2O5. The molecular weight excluding hydrogens is 240 g/mol. The standard InChI is InChI=1S/C11H14N2O5/c1-17-11(14)10(12)5-6-18-9-4-2-3-8(7-9)13(15)16/h2-4,7,10H,5-6,12H2,1H3. The molecule has 7 nitrogen and oxygen atoms in total. The monoisotopic (exact) mass is 254 g/mol. The number of methoxy groups -OCH3 is 1. The number of hydrogen-bond acceptors (Lipinski definition) is 6. The Morgan fingerprint density at radius 3 is 2.89 bits per heavy atom. The van der Waals surface area contributed by atoms with Crippen LogP contribution in [0.4, 0.5) is 5.69 Å². The van der Waals surface area contributed by atoms with E-state index in [2.05, 4.69) is 4.74 Å². The number of nitro groups is 1. The van der Waals surface area contributed by atoms with Crippen molar-refractivity contribution < 1.29 is 19.2 Å². The molecule has 0 saturated heterocycles. The summed E-state index contributed by atoms with van der Waals surface area (Å²) in [5.41, 5.74) is 5.46. The van der Waals surface area contributed by atoms with Crippen LogP contribution in [0.2, 0.25) is 0 Å². The third kappa shape index (κ3) is 4.02. The number of esters is 1.